The Balaban J connectivity index is 2.06. The second-order valence-corrected chi connectivity index (χ2v) is 4.57. The van der Waals surface area contributed by atoms with Crippen molar-refractivity contribution in [3.05, 3.63) is 30.1 Å². The highest BCUT2D eigenvalue weighted by Gasteiger charge is 2.29. The lowest BCUT2D eigenvalue weighted by Gasteiger charge is -2.31. The molecule has 1 aromatic rings. The highest BCUT2D eigenvalue weighted by atomic mass is 19.1. The zero-order valence-electron chi connectivity index (χ0n) is 9.40. The fourth-order valence-electron chi connectivity index (χ4n) is 2.14. The van der Waals surface area contributed by atoms with E-state index in [2.05, 4.69) is 6.92 Å². The molecule has 1 aliphatic rings. The molecule has 3 atom stereocenters. The number of ether oxygens (including phenoxy) is 1. The molecule has 1 N–H and O–H groups in total. The number of aliphatic hydroxyl groups is 1. The number of aliphatic hydroxyl groups excluding tert-OH is 1. The third-order valence-electron chi connectivity index (χ3n) is 3.13. The second-order valence-electron chi connectivity index (χ2n) is 4.57. The summed E-state index contributed by atoms with van der Waals surface area (Å²) in [6.45, 7) is 2.13. The van der Waals surface area contributed by atoms with Crippen LogP contribution in [-0.4, -0.2) is 17.3 Å². The van der Waals surface area contributed by atoms with Gasteiger partial charge in [0.25, 0.3) is 0 Å². The van der Waals surface area contributed by atoms with Crippen LogP contribution in [0.3, 0.4) is 0 Å². The average molecular weight is 224 g/mol. The Kier molecular flexibility index (Phi) is 3.44. The predicted octanol–water partition coefficient (Wildman–Crippen LogP) is 2.75. The molecular formula is C13H17FO2. The minimum absolute atomic E-state index is 0.237. The van der Waals surface area contributed by atoms with Crippen LogP contribution in [0.1, 0.15) is 26.2 Å². The fourth-order valence-corrected chi connectivity index (χ4v) is 2.14. The van der Waals surface area contributed by atoms with Gasteiger partial charge in [-0.2, -0.15) is 0 Å². The molecule has 0 radical (unpaired) electrons. The predicted molar refractivity (Wildman–Crippen MR) is 59.8 cm³/mol. The number of para-hydroxylation sites is 1. The maximum Gasteiger partial charge on any atom is 0.165 e. The molecule has 2 rings (SSSR count). The minimum atomic E-state index is -0.476. The van der Waals surface area contributed by atoms with E-state index in [0.29, 0.717) is 5.92 Å². The van der Waals surface area contributed by atoms with Crippen LogP contribution in [0.2, 0.25) is 0 Å². The summed E-state index contributed by atoms with van der Waals surface area (Å²) in [5.41, 5.74) is 0. The Morgan fingerprint density at radius 3 is 2.81 bits per heavy atom. The van der Waals surface area contributed by atoms with Gasteiger partial charge in [-0.15, -0.1) is 0 Å². The molecule has 0 bridgehead atoms. The van der Waals surface area contributed by atoms with Crippen molar-refractivity contribution in [3.8, 4) is 5.75 Å². The lowest BCUT2D eigenvalue weighted by Crippen LogP contribution is -2.37. The highest BCUT2D eigenvalue weighted by Crippen LogP contribution is 2.28. The summed E-state index contributed by atoms with van der Waals surface area (Å²) in [6, 6.07) is 6.33. The number of hydrogen-bond donors (Lipinski definition) is 1. The first-order valence-electron chi connectivity index (χ1n) is 5.76. The van der Waals surface area contributed by atoms with Crippen molar-refractivity contribution in [3.63, 3.8) is 0 Å². The SMILES string of the molecule is CC1CCC(O)C(Oc2ccccc2F)C1. The largest absolute Gasteiger partial charge is 0.485 e. The van der Waals surface area contributed by atoms with Gasteiger partial charge in [-0.05, 0) is 37.3 Å². The molecule has 0 aromatic heterocycles. The van der Waals surface area contributed by atoms with Gasteiger partial charge in [-0.3, -0.25) is 0 Å². The van der Waals surface area contributed by atoms with Crippen LogP contribution in [0, 0.1) is 11.7 Å². The Morgan fingerprint density at radius 1 is 1.31 bits per heavy atom. The van der Waals surface area contributed by atoms with Crippen LogP contribution < -0.4 is 4.74 Å². The molecule has 0 aliphatic heterocycles. The van der Waals surface area contributed by atoms with Gasteiger partial charge >= 0.3 is 0 Å². The molecule has 3 heteroatoms. The van der Waals surface area contributed by atoms with Crippen LogP contribution in [0.25, 0.3) is 0 Å². The fraction of sp³-hybridized carbons (Fsp3) is 0.538. The van der Waals surface area contributed by atoms with E-state index in [1.54, 1.807) is 18.2 Å². The van der Waals surface area contributed by atoms with Crippen molar-refractivity contribution in [1.29, 1.82) is 0 Å². The standard InChI is InChI=1S/C13H17FO2/c1-9-6-7-11(15)13(8-9)16-12-5-3-2-4-10(12)14/h2-5,9,11,13,15H,6-8H2,1H3. The maximum atomic E-state index is 13.4. The third-order valence-corrected chi connectivity index (χ3v) is 3.13. The van der Waals surface area contributed by atoms with E-state index in [9.17, 15) is 9.50 Å². The zero-order valence-corrected chi connectivity index (χ0v) is 9.40. The monoisotopic (exact) mass is 224 g/mol. The van der Waals surface area contributed by atoms with Gasteiger partial charge in [0, 0.05) is 0 Å². The van der Waals surface area contributed by atoms with E-state index in [1.807, 2.05) is 0 Å². The quantitative estimate of drug-likeness (QED) is 0.837. The van der Waals surface area contributed by atoms with Crippen molar-refractivity contribution in [2.75, 3.05) is 0 Å². The summed E-state index contributed by atoms with van der Waals surface area (Å²) < 4.78 is 18.9. The van der Waals surface area contributed by atoms with Gasteiger partial charge < -0.3 is 9.84 Å². The highest BCUT2D eigenvalue weighted by molar-refractivity contribution is 5.24. The van der Waals surface area contributed by atoms with E-state index in [0.717, 1.165) is 19.3 Å². The van der Waals surface area contributed by atoms with Crippen molar-refractivity contribution in [2.24, 2.45) is 5.92 Å². The van der Waals surface area contributed by atoms with Gasteiger partial charge in [0.05, 0.1) is 6.10 Å². The molecule has 1 aliphatic carbocycles. The van der Waals surface area contributed by atoms with Crippen LogP contribution in [-0.2, 0) is 0 Å². The topological polar surface area (TPSA) is 29.5 Å². The molecule has 1 saturated carbocycles. The van der Waals surface area contributed by atoms with Crippen molar-refractivity contribution in [1.82, 2.24) is 0 Å². The van der Waals surface area contributed by atoms with Crippen LogP contribution >= 0.6 is 0 Å². The number of hydrogen-bond acceptors (Lipinski definition) is 2. The number of benzene rings is 1. The maximum absolute atomic E-state index is 13.4. The summed E-state index contributed by atoms with van der Waals surface area (Å²) >= 11 is 0. The molecule has 2 nitrogen and oxygen atoms in total. The summed E-state index contributed by atoms with van der Waals surface area (Å²) in [6.07, 6.45) is 1.78. The molecule has 1 aromatic carbocycles. The van der Waals surface area contributed by atoms with E-state index >= 15 is 0 Å². The first-order chi connectivity index (χ1) is 7.66. The molecule has 88 valence electrons. The number of rotatable bonds is 2. The zero-order chi connectivity index (χ0) is 11.5. The van der Waals surface area contributed by atoms with Gasteiger partial charge in [-0.25, -0.2) is 4.39 Å². The normalized spacial score (nSPS) is 30.1. The Hall–Kier alpha value is -1.09. The molecule has 0 amide bonds. The van der Waals surface area contributed by atoms with E-state index < -0.39 is 6.10 Å². The van der Waals surface area contributed by atoms with Crippen molar-refractivity contribution in [2.45, 2.75) is 38.4 Å². The van der Waals surface area contributed by atoms with Crippen LogP contribution in [0.4, 0.5) is 4.39 Å². The summed E-state index contributed by atoms with van der Waals surface area (Å²) in [4.78, 5) is 0. The first-order valence-corrected chi connectivity index (χ1v) is 5.76. The minimum Gasteiger partial charge on any atom is -0.485 e. The first kappa shape index (κ1) is 11.4. The smallest absolute Gasteiger partial charge is 0.165 e. The van der Waals surface area contributed by atoms with E-state index in [4.69, 9.17) is 4.74 Å². The third kappa shape index (κ3) is 2.53. The van der Waals surface area contributed by atoms with E-state index in [1.165, 1.54) is 6.07 Å². The molecule has 0 spiro atoms. The lowest BCUT2D eigenvalue weighted by atomic mass is 9.86. The second kappa shape index (κ2) is 4.83. The van der Waals surface area contributed by atoms with Gasteiger partial charge in [0.1, 0.15) is 6.10 Å². The molecular weight excluding hydrogens is 207 g/mol. The Bertz CT molecular complexity index is 354. The summed E-state index contributed by atoms with van der Waals surface area (Å²) in [5, 5.41) is 9.79. The van der Waals surface area contributed by atoms with E-state index in [-0.39, 0.29) is 17.7 Å². The summed E-state index contributed by atoms with van der Waals surface area (Å²) in [5.74, 6) is 0.397. The average Bonchev–Trinajstić information content (AvgIpc) is 2.27. The van der Waals surface area contributed by atoms with Crippen LogP contribution in [0.15, 0.2) is 24.3 Å². The molecule has 1 fully saturated rings. The van der Waals surface area contributed by atoms with Gasteiger partial charge in [0.2, 0.25) is 0 Å². The number of halogens is 1. The Morgan fingerprint density at radius 2 is 2.06 bits per heavy atom. The van der Waals surface area contributed by atoms with Crippen LogP contribution in [0.5, 0.6) is 5.75 Å². The Labute approximate surface area is 95.1 Å². The summed E-state index contributed by atoms with van der Waals surface area (Å²) in [7, 11) is 0. The lowest BCUT2D eigenvalue weighted by molar-refractivity contribution is -0.00930. The molecule has 3 unspecified atom stereocenters. The molecule has 0 saturated heterocycles. The molecule has 0 heterocycles. The van der Waals surface area contributed by atoms with Crippen molar-refractivity contribution < 1.29 is 14.2 Å². The van der Waals surface area contributed by atoms with Gasteiger partial charge in [0.15, 0.2) is 11.6 Å². The van der Waals surface area contributed by atoms with Gasteiger partial charge in [-0.1, -0.05) is 19.1 Å². The van der Waals surface area contributed by atoms with Crippen molar-refractivity contribution >= 4 is 0 Å². The molecule has 16 heavy (non-hydrogen) atoms.